The molecular weight excluding hydrogens is 318 g/mol. The SMILES string of the molecule is C=C(C)N(C)c1cc(-c2cccc(Cc3cccc(C)n3)n2)ccc1C. The Morgan fingerprint density at radius 1 is 0.962 bits per heavy atom. The summed E-state index contributed by atoms with van der Waals surface area (Å²) < 4.78 is 0. The normalized spacial score (nSPS) is 10.6. The molecule has 132 valence electrons. The molecule has 0 atom stereocenters. The van der Waals surface area contributed by atoms with Crippen LogP contribution in [0.25, 0.3) is 11.3 Å². The zero-order valence-electron chi connectivity index (χ0n) is 16.0. The number of nitrogens with zero attached hydrogens (tertiary/aromatic N) is 3. The molecule has 0 radical (unpaired) electrons. The van der Waals surface area contributed by atoms with E-state index >= 15 is 0 Å². The lowest BCUT2D eigenvalue weighted by molar-refractivity contribution is 0.994. The highest BCUT2D eigenvalue weighted by molar-refractivity contribution is 5.69. The zero-order chi connectivity index (χ0) is 18.7. The van der Waals surface area contributed by atoms with Crippen LogP contribution in [0.3, 0.4) is 0 Å². The fraction of sp³-hybridized carbons (Fsp3) is 0.217. The number of allylic oxidation sites excluding steroid dienone is 1. The van der Waals surface area contributed by atoms with E-state index in [2.05, 4.69) is 59.8 Å². The monoisotopic (exact) mass is 343 g/mol. The van der Waals surface area contributed by atoms with Crippen LogP contribution in [0.15, 0.2) is 66.9 Å². The lowest BCUT2D eigenvalue weighted by atomic mass is 10.1. The van der Waals surface area contributed by atoms with Crippen molar-refractivity contribution in [1.29, 1.82) is 0 Å². The molecule has 26 heavy (non-hydrogen) atoms. The van der Waals surface area contributed by atoms with Gasteiger partial charge < -0.3 is 4.90 Å². The third kappa shape index (κ3) is 3.99. The summed E-state index contributed by atoms with van der Waals surface area (Å²) in [4.78, 5) is 11.6. The van der Waals surface area contributed by atoms with Crippen molar-refractivity contribution in [1.82, 2.24) is 9.97 Å². The summed E-state index contributed by atoms with van der Waals surface area (Å²) in [6.07, 6.45) is 0.736. The van der Waals surface area contributed by atoms with E-state index in [1.54, 1.807) is 0 Å². The molecule has 0 bridgehead atoms. The average Bonchev–Trinajstić information content (AvgIpc) is 2.62. The highest BCUT2D eigenvalue weighted by Gasteiger charge is 2.09. The number of hydrogen-bond donors (Lipinski definition) is 0. The Balaban J connectivity index is 1.93. The number of benzene rings is 1. The number of pyridine rings is 2. The van der Waals surface area contributed by atoms with Gasteiger partial charge in [0, 0.05) is 47.5 Å². The third-order valence-electron chi connectivity index (χ3n) is 4.55. The van der Waals surface area contributed by atoms with Gasteiger partial charge in [-0.2, -0.15) is 0 Å². The molecule has 0 N–H and O–H groups in total. The van der Waals surface area contributed by atoms with Crippen LogP contribution in [-0.4, -0.2) is 17.0 Å². The quantitative estimate of drug-likeness (QED) is 0.628. The Morgan fingerprint density at radius 2 is 1.65 bits per heavy atom. The summed E-state index contributed by atoms with van der Waals surface area (Å²) in [6.45, 7) is 10.2. The molecule has 0 amide bonds. The van der Waals surface area contributed by atoms with Gasteiger partial charge in [0.2, 0.25) is 0 Å². The van der Waals surface area contributed by atoms with E-state index in [4.69, 9.17) is 4.98 Å². The number of anilines is 1. The maximum absolute atomic E-state index is 4.86. The summed E-state index contributed by atoms with van der Waals surface area (Å²) in [5.41, 5.74) is 8.57. The maximum Gasteiger partial charge on any atom is 0.0706 e. The van der Waals surface area contributed by atoms with Gasteiger partial charge in [-0.3, -0.25) is 9.97 Å². The van der Waals surface area contributed by atoms with Crippen LogP contribution in [0, 0.1) is 13.8 Å². The summed E-state index contributed by atoms with van der Waals surface area (Å²) in [7, 11) is 2.04. The lowest BCUT2D eigenvalue weighted by Gasteiger charge is -2.22. The summed E-state index contributed by atoms with van der Waals surface area (Å²) in [5.74, 6) is 0. The summed E-state index contributed by atoms with van der Waals surface area (Å²) in [5, 5.41) is 0. The molecule has 3 nitrogen and oxygen atoms in total. The standard InChI is InChI=1S/C23H25N3/c1-16(2)26(5)23-14-19(13-12-17(23)3)22-11-7-10-21(25-22)15-20-9-6-8-18(4)24-20/h6-14H,1,15H2,2-5H3. The molecule has 0 aliphatic rings. The van der Waals surface area contributed by atoms with Crippen molar-refractivity contribution in [3.05, 3.63) is 89.5 Å². The van der Waals surface area contributed by atoms with Gasteiger partial charge in [0.15, 0.2) is 0 Å². The van der Waals surface area contributed by atoms with Crippen LogP contribution in [-0.2, 0) is 6.42 Å². The first-order chi connectivity index (χ1) is 12.4. The van der Waals surface area contributed by atoms with Gasteiger partial charge >= 0.3 is 0 Å². The predicted molar refractivity (Wildman–Crippen MR) is 109 cm³/mol. The van der Waals surface area contributed by atoms with Gasteiger partial charge in [-0.1, -0.05) is 30.8 Å². The van der Waals surface area contributed by atoms with Crippen LogP contribution in [0.4, 0.5) is 5.69 Å². The Hall–Kier alpha value is -2.94. The fourth-order valence-electron chi connectivity index (χ4n) is 2.96. The van der Waals surface area contributed by atoms with E-state index in [0.717, 1.165) is 46.1 Å². The largest absolute Gasteiger partial charge is 0.349 e. The van der Waals surface area contributed by atoms with Crippen LogP contribution in [0.2, 0.25) is 0 Å². The zero-order valence-corrected chi connectivity index (χ0v) is 16.0. The molecule has 0 unspecified atom stereocenters. The maximum atomic E-state index is 4.86. The van der Waals surface area contributed by atoms with Crippen molar-refractivity contribution in [2.24, 2.45) is 0 Å². The van der Waals surface area contributed by atoms with Gasteiger partial charge in [0.1, 0.15) is 0 Å². The van der Waals surface area contributed by atoms with Crippen molar-refractivity contribution in [3.8, 4) is 11.3 Å². The number of hydrogen-bond acceptors (Lipinski definition) is 3. The summed E-state index contributed by atoms with van der Waals surface area (Å²) in [6, 6.07) is 18.7. The molecule has 3 rings (SSSR count). The molecule has 0 aliphatic carbocycles. The molecule has 0 saturated heterocycles. The van der Waals surface area contributed by atoms with Gasteiger partial charge in [-0.15, -0.1) is 0 Å². The van der Waals surface area contributed by atoms with Gasteiger partial charge in [-0.05, 0) is 56.7 Å². The number of aryl methyl sites for hydroxylation is 2. The van der Waals surface area contributed by atoms with Crippen molar-refractivity contribution >= 4 is 5.69 Å². The number of aromatic nitrogens is 2. The van der Waals surface area contributed by atoms with Crippen molar-refractivity contribution in [2.75, 3.05) is 11.9 Å². The van der Waals surface area contributed by atoms with E-state index in [9.17, 15) is 0 Å². The first-order valence-electron chi connectivity index (χ1n) is 8.83. The lowest BCUT2D eigenvalue weighted by Crippen LogP contribution is -2.14. The highest BCUT2D eigenvalue weighted by atomic mass is 15.1. The van der Waals surface area contributed by atoms with Gasteiger partial charge in [0.05, 0.1) is 5.69 Å². The molecule has 2 aromatic heterocycles. The Morgan fingerprint density at radius 3 is 2.35 bits per heavy atom. The Labute approximate surface area is 156 Å². The Bertz CT molecular complexity index is 944. The van der Waals surface area contributed by atoms with E-state index in [0.29, 0.717) is 0 Å². The molecule has 0 spiro atoms. The minimum Gasteiger partial charge on any atom is -0.349 e. The topological polar surface area (TPSA) is 29.0 Å². The molecule has 3 heteroatoms. The second kappa shape index (κ2) is 7.52. The van der Waals surface area contributed by atoms with Crippen LogP contribution >= 0.6 is 0 Å². The van der Waals surface area contributed by atoms with E-state index in [1.165, 1.54) is 5.56 Å². The molecule has 1 aromatic carbocycles. The second-order valence-electron chi connectivity index (χ2n) is 6.76. The van der Waals surface area contributed by atoms with Crippen LogP contribution in [0.5, 0.6) is 0 Å². The molecule has 3 aromatic rings. The molecule has 0 saturated carbocycles. The van der Waals surface area contributed by atoms with E-state index in [1.807, 2.05) is 39.1 Å². The molecule has 2 heterocycles. The fourth-order valence-corrected chi connectivity index (χ4v) is 2.96. The third-order valence-corrected chi connectivity index (χ3v) is 4.55. The molecule has 0 aliphatic heterocycles. The average molecular weight is 343 g/mol. The molecule has 0 fully saturated rings. The van der Waals surface area contributed by atoms with Crippen molar-refractivity contribution < 1.29 is 0 Å². The van der Waals surface area contributed by atoms with Crippen LogP contribution < -0.4 is 4.90 Å². The van der Waals surface area contributed by atoms with Crippen molar-refractivity contribution in [2.45, 2.75) is 27.2 Å². The van der Waals surface area contributed by atoms with E-state index in [-0.39, 0.29) is 0 Å². The first kappa shape index (κ1) is 17.9. The minimum absolute atomic E-state index is 0.736. The predicted octanol–water partition coefficient (Wildman–Crippen LogP) is 5.32. The van der Waals surface area contributed by atoms with Crippen molar-refractivity contribution in [3.63, 3.8) is 0 Å². The first-order valence-corrected chi connectivity index (χ1v) is 8.83. The van der Waals surface area contributed by atoms with E-state index < -0.39 is 0 Å². The smallest absolute Gasteiger partial charge is 0.0706 e. The summed E-state index contributed by atoms with van der Waals surface area (Å²) >= 11 is 0. The van der Waals surface area contributed by atoms with Crippen LogP contribution in [0.1, 0.15) is 29.6 Å². The Kier molecular flexibility index (Phi) is 5.17. The highest BCUT2D eigenvalue weighted by Crippen LogP contribution is 2.28. The minimum atomic E-state index is 0.736. The van der Waals surface area contributed by atoms with Gasteiger partial charge in [-0.25, -0.2) is 0 Å². The molecular formula is C23H25N3. The number of rotatable bonds is 5. The second-order valence-corrected chi connectivity index (χ2v) is 6.76. The van der Waals surface area contributed by atoms with Gasteiger partial charge in [0.25, 0.3) is 0 Å².